The maximum atomic E-state index is 12.1. The number of esters is 1. The highest BCUT2D eigenvalue weighted by Crippen LogP contribution is 2.23. The van der Waals surface area contributed by atoms with Crippen molar-refractivity contribution in [3.8, 4) is 6.07 Å². The molecule has 6 nitrogen and oxygen atoms in total. The maximum Gasteiger partial charge on any atom is 0.340 e. The molecule has 0 bridgehead atoms. The molecule has 0 atom stereocenters. The largest absolute Gasteiger partial charge is 0.507 e. The van der Waals surface area contributed by atoms with E-state index in [1.807, 2.05) is 18.2 Å². The smallest absolute Gasteiger partial charge is 0.340 e. The lowest BCUT2D eigenvalue weighted by Crippen LogP contribution is -2.10. The summed E-state index contributed by atoms with van der Waals surface area (Å²) in [6, 6.07) is 13.8. The van der Waals surface area contributed by atoms with Gasteiger partial charge in [0.2, 0.25) is 0 Å². The molecule has 3 rings (SSSR count). The average molecular weight is 433 g/mol. The molecule has 1 aromatic heterocycles. The molecule has 0 saturated heterocycles. The van der Waals surface area contributed by atoms with Crippen molar-refractivity contribution >= 4 is 50.1 Å². The van der Waals surface area contributed by atoms with Gasteiger partial charge in [-0.05, 0) is 30.3 Å². The molecule has 0 spiro atoms. The van der Waals surface area contributed by atoms with E-state index in [4.69, 9.17) is 16.3 Å². The van der Waals surface area contributed by atoms with Gasteiger partial charge in [0.1, 0.15) is 18.2 Å². The number of allylic oxidation sites excluding steroid dienone is 1. The Balaban J connectivity index is 1.82. The number of aromatic amines is 1. The van der Waals surface area contributed by atoms with Crippen LogP contribution in [0, 0.1) is 11.3 Å². The minimum Gasteiger partial charge on any atom is -0.507 e. The summed E-state index contributed by atoms with van der Waals surface area (Å²) in [6.07, 6.45) is 0. The van der Waals surface area contributed by atoms with Gasteiger partial charge in [0.05, 0.1) is 21.6 Å². The van der Waals surface area contributed by atoms with E-state index in [1.165, 1.54) is 6.07 Å². The Morgan fingerprint density at radius 3 is 2.85 bits per heavy atom. The molecule has 130 valence electrons. The lowest BCUT2D eigenvalue weighted by molar-refractivity contribution is 0.0503. The zero-order valence-corrected chi connectivity index (χ0v) is 15.5. The Morgan fingerprint density at radius 2 is 2.12 bits per heavy atom. The Morgan fingerprint density at radius 1 is 1.35 bits per heavy atom. The van der Waals surface area contributed by atoms with Crippen LogP contribution in [0.15, 0.2) is 52.7 Å². The van der Waals surface area contributed by atoms with Gasteiger partial charge in [-0.15, -0.1) is 0 Å². The van der Waals surface area contributed by atoms with Crippen molar-refractivity contribution in [2.45, 2.75) is 0 Å². The van der Waals surface area contributed by atoms with E-state index in [2.05, 4.69) is 25.9 Å². The number of carbonyl (C=O) groups is 1. The lowest BCUT2D eigenvalue weighted by atomic mass is 10.2. The zero-order chi connectivity index (χ0) is 18.7. The number of benzene rings is 2. The summed E-state index contributed by atoms with van der Waals surface area (Å²) in [6.45, 7) is -0.485. The number of carbonyl (C=O) groups excluding carboxylic acids is 1. The van der Waals surface area contributed by atoms with Crippen LogP contribution in [-0.2, 0) is 4.74 Å². The fourth-order valence-electron chi connectivity index (χ4n) is 2.26. The first kappa shape index (κ1) is 18.0. The SMILES string of the molecule is N#C/C(=C(\O)COC(=O)c1cc(Br)ccc1Cl)c1nc2ccccc2[nH]1. The quantitative estimate of drug-likeness (QED) is 0.356. The van der Waals surface area contributed by atoms with Crippen LogP contribution in [-0.4, -0.2) is 27.7 Å². The Hall–Kier alpha value is -2.82. The second-order valence-electron chi connectivity index (χ2n) is 5.24. The molecule has 0 aliphatic heterocycles. The van der Waals surface area contributed by atoms with Crippen LogP contribution in [0.3, 0.4) is 0 Å². The van der Waals surface area contributed by atoms with E-state index in [0.29, 0.717) is 9.99 Å². The van der Waals surface area contributed by atoms with Gasteiger partial charge in [0, 0.05) is 4.47 Å². The van der Waals surface area contributed by atoms with E-state index in [1.54, 1.807) is 24.3 Å². The van der Waals surface area contributed by atoms with Crippen LogP contribution in [0.4, 0.5) is 0 Å². The molecule has 0 saturated carbocycles. The Bertz CT molecular complexity index is 1040. The molecule has 0 aliphatic carbocycles. The minimum absolute atomic E-state index is 0.102. The summed E-state index contributed by atoms with van der Waals surface area (Å²) in [5.41, 5.74) is 1.42. The van der Waals surface area contributed by atoms with E-state index in [0.717, 1.165) is 5.52 Å². The number of halogens is 2. The molecule has 3 aromatic rings. The van der Waals surface area contributed by atoms with Crippen molar-refractivity contribution in [2.75, 3.05) is 6.61 Å². The first-order chi connectivity index (χ1) is 12.5. The van der Waals surface area contributed by atoms with Crippen LogP contribution in [0.5, 0.6) is 0 Å². The fraction of sp³-hybridized carbons (Fsp3) is 0.0556. The number of aliphatic hydroxyl groups excluding tert-OH is 1. The molecule has 0 fully saturated rings. The van der Waals surface area contributed by atoms with Crippen LogP contribution >= 0.6 is 27.5 Å². The zero-order valence-electron chi connectivity index (χ0n) is 13.2. The van der Waals surface area contributed by atoms with E-state index >= 15 is 0 Å². The molecular weight excluding hydrogens is 422 g/mol. The summed E-state index contributed by atoms with van der Waals surface area (Å²) in [5, 5.41) is 19.7. The number of para-hydroxylation sites is 2. The van der Waals surface area contributed by atoms with Gasteiger partial charge in [0.25, 0.3) is 0 Å². The van der Waals surface area contributed by atoms with E-state index < -0.39 is 18.3 Å². The Labute approximate surface area is 161 Å². The van der Waals surface area contributed by atoms with Crippen molar-refractivity contribution in [3.63, 3.8) is 0 Å². The molecule has 0 amide bonds. The highest BCUT2D eigenvalue weighted by molar-refractivity contribution is 9.10. The summed E-state index contributed by atoms with van der Waals surface area (Å²) in [5.74, 6) is -0.932. The second-order valence-corrected chi connectivity index (χ2v) is 6.56. The molecule has 0 unspecified atom stereocenters. The van der Waals surface area contributed by atoms with E-state index in [-0.39, 0.29) is 22.0 Å². The lowest BCUT2D eigenvalue weighted by Gasteiger charge is -2.07. The number of nitriles is 1. The fourth-order valence-corrected chi connectivity index (χ4v) is 2.82. The summed E-state index contributed by atoms with van der Waals surface area (Å²) in [4.78, 5) is 19.3. The first-order valence-electron chi connectivity index (χ1n) is 7.39. The van der Waals surface area contributed by atoms with Gasteiger partial charge in [-0.3, -0.25) is 0 Å². The number of rotatable bonds is 4. The molecule has 26 heavy (non-hydrogen) atoms. The van der Waals surface area contributed by atoms with Gasteiger partial charge < -0.3 is 14.8 Å². The van der Waals surface area contributed by atoms with Crippen molar-refractivity contribution in [2.24, 2.45) is 0 Å². The van der Waals surface area contributed by atoms with Crippen LogP contribution in [0.2, 0.25) is 5.02 Å². The standard InChI is InChI=1S/C18H11BrClN3O3/c19-10-5-6-13(20)11(7-10)18(25)26-9-16(24)12(8-21)17-22-14-3-1-2-4-15(14)23-17/h1-7,24H,9H2,(H,22,23)/b16-12+. The molecule has 1 heterocycles. The Kier molecular flexibility index (Phi) is 5.26. The topological polar surface area (TPSA) is 99.0 Å². The number of nitrogens with one attached hydrogen (secondary N) is 1. The molecule has 8 heteroatoms. The molecule has 2 N–H and O–H groups in total. The summed E-state index contributed by atoms with van der Waals surface area (Å²) in [7, 11) is 0. The molecule has 0 radical (unpaired) electrons. The number of fused-ring (bicyclic) bond motifs is 1. The van der Waals surface area contributed by atoms with Crippen molar-refractivity contribution in [3.05, 3.63) is 69.1 Å². The summed E-state index contributed by atoms with van der Waals surface area (Å²) >= 11 is 9.22. The predicted molar refractivity (Wildman–Crippen MR) is 101 cm³/mol. The van der Waals surface area contributed by atoms with Gasteiger partial charge in [-0.1, -0.05) is 39.7 Å². The van der Waals surface area contributed by atoms with Gasteiger partial charge >= 0.3 is 5.97 Å². The molecule has 2 aromatic carbocycles. The maximum absolute atomic E-state index is 12.1. The van der Waals surface area contributed by atoms with Crippen molar-refractivity contribution < 1.29 is 14.6 Å². The second kappa shape index (κ2) is 7.60. The highest BCUT2D eigenvalue weighted by atomic mass is 79.9. The minimum atomic E-state index is -0.718. The van der Waals surface area contributed by atoms with Crippen molar-refractivity contribution in [1.29, 1.82) is 5.26 Å². The third-order valence-corrected chi connectivity index (χ3v) is 4.34. The monoisotopic (exact) mass is 431 g/mol. The number of H-pyrrole nitrogens is 1. The highest BCUT2D eigenvalue weighted by Gasteiger charge is 2.17. The number of nitrogens with zero attached hydrogens (tertiary/aromatic N) is 2. The molecular formula is C18H11BrClN3O3. The van der Waals surface area contributed by atoms with Gasteiger partial charge in [0.15, 0.2) is 11.6 Å². The number of aromatic nitrogens is 2. The van der Waals surface area contributed by atoms with E-state index in [9.17, 15) is 15.2 Å². The number of ether oxygens (including phenoxy) is 1. The summed E-state index contributed by atoms with van der Waals surface area (Å²) < 4.78 is 5.72. The third kappa shape index (κ3) is 3.72. The van der Waals surface area contributed by atoms with Crippen LogP contribution < -0.4 is 0 Å². The number of imidazole rings is 1. The predicted octanol–water partition coefficient (Wildman–Crippen LogP) is 4.63. The average Bonchev–Trinajstić information content (AvgIpc) is 3.06. The van der Waals surface area contributed by atoms with Crippen LogP contribution in [0.25, 0.3) is 16.6 Å². The third-order valence-electron chi connectivity index (χ3n) is 3.51. The normalized spacial score (nSPS) is 11.7. The van der Waals surface area contributed by atoms with Crippen molar-refractivity contribution in [1.82, 2.24) is 9.97 Å². The van der Waals surface area contributed by atoms with Crippen LogP contribution in [0.1, 0.15) is 16.2 Å². The number of hydrogen-bond acceptors (Lipinski definition) is 5. The number of aliphatic hydroxyl groups is 1. The number of hydrogen-bond donors (Lipinski definition) is 2. The molecule has 0 aliphatic rings. The van der Waals surface area contributed by atoms with Gasteiger partial charge in [-0.25, -0.2) is 9.78 Å². The van der Waals surface area contributed by atoms with Gasteiger partial charge in [-0.2, -0.15) is 5.26 Å². The first-order valence-corrected chi connectivity index (χ1v) is 8.56.